The zero-order valence-electron chi connectivity index (χ0n) is 11.2. The first-order valence-corrected chi connectivity index (χ1v) is 7.36. The van der Waals surface area contributed by atoms with Gasteiger partial charge in [0.1, 0.15) is 0 Å². The molecular formula is C14H21NO2S. The highest BCUT2D eigenvalue weighted by Gasteiger charge is 2.20. The van der Waals surface area contributed by atoms with Crippen LogP contribution in [0.1, 0.15) is 37.0 Å². The Morgan fingerprint density at radius 2 is 2.11 bits per heavy atom. The van der Waals surface area contributed by atoms with Gasteiger partial charge in [0.05, 0.1) is 11.2 Å². The van der Waals surface area contributed by atoms with Gasteiger partial charge in [-0.2, -0.15) is 0 Å². The summed E-state index contributed by atoms with van der Waals surface area (Å²) >= 11 is 1.54. The molecule has 1 rings (SSSR count). The standard InChI is InChI=1S/C14H21NO2S/c1-4-9-14(2,17)10-15-13(16)11-7-5-6-8-12(11)18-3/h5-8,17H,4,9-10H2,1-3H3,(H,15,16). The molecule has 4 heteroatoms. The summed E-state index contributed by atoms with van der Waals surface area (Å²) in [5.41, 5.74) is -0.170. The van der Waals surface area contributed by atoms with Crippen molar-refractivity contribution in [2.75, 3.05) is 12.8 Å². The van der Waals surface area contributed by atoms with Gasteiger partial charge < -0.3 is 10.4 Å². The van der Waals surface area contributed by atoms with Gasteiger partial charge in [0.15, 0.2) is 0 Å². The molecule has 1 aromatic carbocycles. The molecular weight excluding hydrogens is 246 g/mol. The van der Waals surface area contributed by atoms with E-state index in [2.05, 4.69) is 5.32 Å². The van der Waals surface area contributed by atoms with Gasteiger partial charge in [-0.1, -0.05) is 25.5 Å². The van der Waals surface area contributed by atoms with E-state index in [-0.39, 0.29) is 12.5 Å². The van der Waals surface area contributed by atoms with Crippen LogP contribution in [0.5, 0.6) is 0 Å². The summed E-state index contributed by atoms with van der Waals surface area (Å²) in [5.74, 6) is -0.128. The van der Waals surface area contributed by atoms with Gasteiger partial charge in [-0.15, -0.1) is 11.8 Å². The summed E-state index contributed by atoms with van der Waals surface area (Å²) in [6, 6.07) is 7.48. The lowest BCUT2D eigenvalue weighted by molar-refractivity contribution is 0.0469. The minimum atomic E-state index is -0.835. The number of benzene rings is 1. The Labute approximate surface area is 113 Å². The predicted molar refractivity (Wildman–Crippen MR) is 76.1 cm³/mol. The molecule has 0 aliphatic heterocycles. The normalized spacial score (nSPS) is 14.0. The lowest BCUT2D eigenvalue weighted by atomic mass is 10.0. The van der Waals surface area contributed by atoms with Crippen molar-refractivity contribution in [3.8, 4) is 0 Å². The van der Waals surface area contributed by atoms with Crippen molar-refractivity contribution in [1.29, 1.82) is 0 Å². The lowest BCUT2D eigenvalue weighted by Gasteiger charge is -2.23. The summed E-state index contributed by atoms with van der Waals surface area (Å²) in [7, 11) is 0. The van der Waals surface area contributed by atoms with E-state index < -0.39 is 5.60 Å². The highest BCUT2D eigenvalue weighted by molar-refractivity contribution is 7.98. The average Bonchev–Trinajstić information content (AvgIpc) is 2.36. The highest BCUT2D eigenvalue weighted by Crippen LogP contribution is 2.20. The molecule has 100 valence electrons. The second kappa shape index (κ2) is 6.81. The molecule has 0 spiro atoms. The predicted octanol–water partition coefficient (Wildman–Crippen LogP) is 2.69. The third kappa shape index (κ3) is 4.35. The van der Waals surface area contributed by atoms with Crippen LogP contribution in [0.4, 0.5) is 0 Å². The van der Waals surface area contributed by atoms with Gasteiger partial charge in [-0.25, -0.2) is 0 Å². The van der Waals surface area contributed by atoms with E-state index in [0.717, 1.165) is 11.3 Å². The maximum Gasteiger partial charge on any atom is 0.252 e. The fraction of sp³-hybridized carbons (Fsp3) is 0.500. The smallest absolute Gasteiger partial charge is 0.252 e. The van der Waals surface area contributed by atoms with E-state index in [4.69, 9.17) is 0 Å². The number of hydrogen-bond donors (Lipinski definition) is 2. The fourth-order valence-electron chi connectivity index (χ4n) is 1.83. The van der Waals surface area contributed by atoms with Crippen LogP contribution in [-0.2, 0) is 0 Å². The Kier molecular flexibility index (Phi) is 5.69. The summed E-state index contributed by atoms with van der Waals surface area (Å²) in [6.07, 6.45) is 3.51. The monoisotopic (exact) mass is 267 g/mol. The van der Waals surface area contributed by atoms with Gasteiger partial charge in [0.25, 0.3) is 5.91 Å². The quantitative estimate of drug-likeness (QED) is 0.779. The van der Waals surface area contributed by atoms with Crippen molar-refractivity contribution in [1.82, 2.24) is 5.32 Å². The molecule has 0 radical (unpaired) electrons. The van der Waals surface area contributed by atoms with Crippen molar-refractivity contribution in [3.05, 3.63) is 29.8 Å². The van der Waals surface area contributed by atoms with Crippen LogP contribution in [0.2, 0.25) is 0 Å². The van der Waals surface area contributed by atoms with E-state index in [0.29, 0.717) is 12.0 Å². The number of thioether (sulfide) groups is 1. The van der Waals surface area contributed by atoms with Crippen molar-refractivity contribution in [3.63, 3.8) is 0 Å². The Morgan fingerprint density at radius 3 is 2.72 bits per heavy atom. The Hall–Kier alpha value is -1.00. The average molecular weight is 267 g/mol. The maximum atomic E-state index is 12.0. The molecule has 2 N–H and O–H groups in total. The van der Waals surface area contributed by atoms with Crippen LogP contribution < -0.4 is 5.32 Å². The van der Waals surface area contributed by atoms with Gasteiger partial charge >= 0.3 is 0 Å². The summed E-state index contributed by atoms with van der Waals surface area (Å²) in [4.78, 5) is 13.0. The molecule has 0 aliphatic carbocycles. The Bertz CT molecular complexity index is 405. The molecule has 0 saturated carbocycles. The van der Waals surface area contributed by atoms with Crippen molar-refractivity contribution in [2.24, 2.45) is 0 Å². The molecule has 1 aromatic rings. The maximum absolute atomic E-state index is 12.0. The number of carbonyl (C=O) groups excluding carboxylic acids is 1. The first kappa shape index (κ1) is 15.1. The highest BCUT2D eigenvalue weighted by atomic mass is 32.2. The number of carbonyl (C=O) groups is 1. The van der Waals surface area contributed by atoms with Crippen molar-refractivity contribution in [2.45, 2.75) is 37.2 Å². The number of nitrogens with one attached hydrogen (secondary N) is 1. The zero-order chi connectivity index (χ0) is 13.6. The Balaban J connectivity index is 2.66. The largest absolute Gasteiger partial charge is 0.388 e. The first-order chi connectivity index (χ1) is 8.50. The number of rotatable bonds is 6. The van der Waals surface area contributed by atoms with Gasteiger partial charge in [0, 0.05) is 11.4 Å². The molecule has 1 atom stereocenters. The fourth-order valence-corrected chi connectivity index (χ4v) is 2.42. The zero-order valence-corrected chi connectivity index (χ0v) is 12.0. The molecule has 0 aliphatic rings. The number of hydrogen-bond acceptors (Lipinski definition) is 3. The van der Waals surface area contributed by atoms with Gasteiger partial charge in [-0.3, -0.25) is 4.79 Å². The number of aliphatic hydroxyl groups is 1. The van der Waals surface area contributed by atoms with Crippen LogP contribution >= 0.6 is 11.8 Å². The van der Waals surface area contributed by atoms with Crippen molar-refractivity contribution >= 4 is 17.7 Å². The molecule has 0 fully saturated rings. The van der Waals surface area contributed by atoms with E-state index in [1.54, 1.807) is 24.8 Å². The minimum Gasteiger partial charge on any atom is -0.388 e. The topological polar surface area (TPSA) is 49.3 Å². The van der Waals surface area contributed by atoms with Crippen LogP contribution in [0.3, 0.4) is 0 Å². The second-order valence-corrected chi connectivity index (χ2v) is 5.48. The third-order valence-electron chi connectivity index (χ3n) is 2.77. The second-order valence-electron chi connectivity index (χ2n) is 4.63. The van der Waals surface area contributed by atoms with Crippen LogP contribution in [0.25, 0.3) is 0 Å². The van der Waals surface area contributed by atoms with E-state index in [1.165, 1.54) is 0 Å². The van der Waals surface area contributed by atoms with Crippen LogP contribution in [-0.4, -0.2) is 29.4 Å². The lowest BCUT2D eigenvalue weighted by Crippen LogP contribution is -2.40. The molecule has 0 saturated heterocycles. The van der Waals surface area contributed by atoms with Crippen LogP contribution in [0.15, 0.2) is 29.2 Å². The van der Waals surface area contributed by atoms with E-state index in [9.17, 15) is 9.90 Å². The van der Waals surface area contributed by atoms with E-state index in [1.807, 2.05) is 31.4 Å². The molecule has 0 bridgehead atoms. The van der Waals surface area contributed by atoms with Crippen LogP contribution in [0, 0.1) is 0 Å². The molecule has 1 unspecified atom stereocenters. The van der Waals surface area contributed by atoms with Crippen molar-refractivity contribution < 1.29 is 9.90 Å². The molecule has 0 heterocycles. The Morgan fingerprint density at radius 1 is 1.44 bits per heavy atom. The van der Waals surface area contributed by atoms with Gasteiger partial charge in [-0.05, 0) is 31.7 Å². The first-order valence-electron chi connectivity index (χ1n) is 6.14. The molecule has 18 heavy (non-hydrogen) atoms. The summed E-state index contributed by atoms with van der Waals surface area (Å²) in [5, 5.41) is 12.8. The van der Waals surface area contributed by atoms with E-state index >= 15 is 0 Å². The molecule has 3 nitrogen and oxygen atoms in total. The molecule has 1 amide bonds. The van der Waals surface area contributed by atoms with Gasteiger partial charge in [0.2, 0.25) is 0 Å². The molecule has 0 aromatic heterocycles. The minimum absolute atomic E-state index is 0.128. The SMILES string of the molecule is CCCC(C)(O)CNC(=O)c1ccccc1SC. The summed E-state index contributed by atoms with van der Waals surface area (Å²) in [6.45, 7) is 4.04. The number of amides is 1. The third-order valence-corrected chi connectivity index (χ3v) is 3.57. The summed E-state index contributed by atoms with van der Waals surface area (Å²) < 4.78 is 0.